The van der Waals surface area contributed by atoms with Crippen LogP contribution in [0.4, 0.5) is 0 Å². The summed E-state index contributed by atoms with van der Waals surface area (Å²) in [5.74, 6) is 0.888. The molecule has 0 radical (unpaired) electrons. The standard InChI is InChI=1S/C20H33N/c1-20(2,3)15-19(18-13-9-6-10-14-18)21-16-17-11-7-4-5-8-12-17/h6,9-10,13-14,17,19,21H,4-5,7-8,11-12,15-16H2,1-3H3. The van der Waals surface area contributed by atoms with Gasteiger partial charge in [-0.05, 0) is 42.7 Å². The van der Waals surface area contributed by atoms with Crippen LogP contribution >= 0.6 is 0 Å². The lowest BCUT2D eigenvalue weighted by molar-refractivity contribution is 0.294. The van der Waals surface area contributed by atoms with Crippen molar-refractivity contribution in [1.29, 1.82) is 0 Å². The van der Waals surface area contributed by atoms with E-state index in [1.54, 1.807) is 0 Å². The predicted molar refractivity (Wildman–Crippen MR) is 92.4 cm³/mol. The third-order valence-corrected chi connectivity index (χ3v) is 4.65. The fourth-order valence-electron chi connectivity index (χ4n) is 3.48. The van der Waals surface area contributed by atoms with Crippen LogP contribution < -0.4 is 5.32 Å². The van der Waals surface area contributed by atoms with E-state index in [1.165, 1.54) is 57.1 Å². The van der Waals surface area contributed by atoms with Crippen molar-refractivity contribution in [3.05, 3.63) is 35.9 Å². The highest BCUT2D eigenvalue weighted by atomic mass is 14.9. The van der Waals surface area contributed by atoms with Gasteiger partial charge in [-0.25, -0.2) is 0 Å². The fourth-order valence-corrected chi connectivity index (χ4v) is 3.48. The molecular weight excluding hydrogens is 254 g/mol. The third-order valence-electron chi connectivity index (χ3n) is 4.65. The molecule has 1 aromatic rings. The van der Waals surface area contributed by atoms with Gasteiger partial charge in [0.05, 0.1) is 0 Å². The van der Waals surface area contributed by atoms with Crippen LogP contribution in [0.15, 0.2) is 30.3 Å². The number of hydrogen-bond acceptors (Lipinski definition) is 1. The van der Waals surface area contributed by atoms with Crippen molar-refractivity contribution in [3.8, 4) is 0 Å². The van der Waals surface area contributed by atoms with Gasteiger partial charge < -0.3 is 5.32 Å². The van der Waals surface area contributed by atoms with E-state index in [9.17, 15) is 0 Å². The van der Waals surface area contributed by atoms with E-state index in [0.717, 1.165) is 5.92 Å². The maximum absolute atomic E-state index is 3.89. The lowest BCUT2D eigenvalue weighted by Crippen LogP contribution is -2.30. The van der Waals surface area contributed by atoms with Gasteiger partial charge in [-0.2, -0.15) is 0 Å². The molecule has 118 valence electrons. The summed E-state index contributed by atoms with van der Waals surface area (Å²) >= 11 is 0. The first kappa shape index (κ1) is 16.5. The van der Waals surface area contributed by atoms with E-state index in [-0.39, 0.29) is 0 Å². The van der Waals surface area contributed by atoms with E-state index in [0.29, 0.717) is 11.5 Å². The summed E-state index contributed by atoms with van der Waals surface area (Å²) < 4.78 is 0. The van der Waals surface area contributed by atoms with Crippen LogP contribution in [-0.4, -0.2) is 6.54 Å². The van der Waals surface area contributed by atoms with E-state index in [2.05, 4.69) is 56.4 Å². The summed E-state index contributed by atoms with van der Waals surface area (Å²) in [5, 5.41) is 3.89. The second-order valence-corrected chi connectivity index (χ2v) is 7.99. The van der Waals surface area contributed by atoms with Gasteiger partial charge in [-0.1, -0.05) is 76.8 Å². The SMILES string of the molecule is CC(C)(C)CC(NCC1CCCCCC1)c1ccccc1. The first-order valence-electron chi connectivity index (χ1n) is 8.83. The molecule has 1 atom stereocenters. The Kier molecular flexibility index (Phi) is 6.29. The highest BCUT2D eigenvalue weighted by Gasteiger charge is 2.21. The molecule has 1 aliphatic carbocycles. The van der Waals surface area contributed by atoms with Gasteiger partial charge in [0.2, 0.25) is 0 Å². The van der Waals surface area contributed by atoms with Gasteiger partial charge in [0.15, 0.2) is 0 Å². The molecule has 0 bridgehead atoms. The molecule has 1 unspecified atom stereocenters. The van der Waals surface area contributed by atoms with E-state index in [4.69, 9.17) is 0 Å². The van der Waals surface area contributed by atoms with Gasteiger partial charge >= 0.3 is 0 Å². The Balaban J connectivity index is 1.95. The monoisotopic (exact) mass is 287 g/mol. The second-order valence-electron chi connectivity index (χ2n) is 7.99. The predicted octanol–water partition coefficient (Wildman–Crippen LogP) is 5.72. The molecule has 0 spiro atoms. The molecule has 0 aromatic heterocycles. The molecule has 2 rings (SSSR count). The first-order chi connectivity index (χ1) is 10.0. The first-order valence-corrected chi connectivity index (χ1v) is 8.83. The molecule has 1 nitrogen and oxygen atoms in total. The summed E-state index contributed by atoms with van der Waals surface area (Å²) in [6.07, 6.45) is 9.79. The van der Waals surface area contributed by atoms with Gasteiger partial charge in [0.1, 0.15) is 0 Å². The van der Waals surface area contributed by atoms with Crippen molar-refractivity contribution < 1.29 is 0 Å². The topological polar surface area (TPSA) is 12.0 Å². The largest absolute Gasteiger partial charge is 0.310 e. The van der Waals surface area contributed by atoms with Crippen molar-refractivity contribution in [1.82, 2.24) is 5.32 Å². The fraction of sp³-hybridized carbons (Fsp3) is 0.700. The average molecular weight is 287 g/mol. The maximum Gasteiger partial charge on any atom is 0.0325 e. The van der Waals surface area contributed by atoms with Crippen molar-refractivity contribution in [3.63, 3.8) is 0 Å². The van der Waals surface area contributed by atoms with Gasteiger partial charge in [-0.3, -0.25) is 0 Å². The molecular formula is C20H33N. The summed E-state index contributed by atoms with van der Waals surface area (Å²) in [7, 11) is 0. The lowest BCUT2D eigenvalue weighted by Gasteiger charge is -2.29. The average Bonchev–Trinajstić information content (AvgIpc) is 2.72. The van der Waals surface area contributed by atoms with Crippen LogP contribution in [0.5, 0.6) is 0 Å². The quantitative estimate of drug-likeness (QED) is 0.682. The molecule has 1 heteroatoms. The molecule has 21 heavy (non-hydrogen) atoms. The zero-order chi connectivity index (χ0) is 15.1. The Morgan fingerprint density at radius 3 is 2.19 bits per heavy atom. The van der Waals surface area contributed by atoms with Gasteiger partial charge in [-0.15, -0.1) is 0 Å². The van der Waals surface area contributed by atoms with Crippen molar-refractivity contribution in [2.75, 3.05) is 6.54 Å². The molecule has 1 fully saturated rings. The number of benzene rings is 1. The van der Waals surface area contributed by atoms with Crippen LogP contribution in [0.1, 0.15) is 77.3 Å². The van der Waals surface area contributed by atoms with Crippen molar-refractivity contribution >= 4 is 0 Å². The lowest BCUT2D eigenvalue weighted by atomic mass is 9.85. The van der Waals surface area contributed by atoms with Crippen molar-refractivity contribution in [2.24, 2.45) is 11.3 Å². The highest BCUT2D eigenvalue weighted by molar-refractivity contribution is 5.19. The van der Waals surface area contributed by atoms with Crippen molar-refractivity contribution in [2.45, 2.75) is 71.8 Å². The Hall–Kier alpha value is -0.820. The number of nitrogens with one attached hydrogen (secondary N) is 1. The second kappa shape index (κ2) is 7.98. The summed E-state index contributed by atoms with van der Waals surface area (Å²) in [6, 6.07) is 11.5. The van der Waals surface area contributed by atoms with E-state index in [1.807, 2.05) is 0 Å². The smallest absolute Gasteiger partial charge is 0.0325 e. The normalized spacial score (nSPS) is 19.2. The van der Waals surface area contributed by atoms with Crippen LogP contribution in [0.3, 0.4) is 0 Å². The van der Waals surface area contributed by atoms with E-state index >= 15 is 0 Å². The highest BCUT2D eigenvalue weighted by Crippen LogP contribution is 2.30. The number of hydrogen-bond donors (Lipinski definition) is 1. The molecule has 1 aromatic carbocycles. The zero-order valence-corrected chi connectivity index (χ0v) is 14.2. The molecule has 1 aliphatic rings. The Labute approximate surface area is 131 Å². The molecule has 1 N–H and O–H groups in total. The molecule has 0 heterocycles. The van der Waals surface area contributed by atoms with E-state index < -0.39 is 0 Å². The molecule has 0 aliphatic heterocycles. The molecule has 0 saturated heterocycles. The van der Waals surface area contributed by atoms with Gasteiger partial charge in [0.25, 0.3) is 0 Å². The zero-order valence-electron chi connectivity index (χ0n) is 14.2. The van der Waals surface area contributed by atoms with Crippen LogP contribution in [0, 0.1) is 11.3 Å². The molecule has 1 saturated carbocycles. The Morgan fingerprint density at radius 2 is 1.62 bits per heavy atom. The van der Waals surface area contributed by atoms with Crippen LogP contribution in [0.2, 0.25) is 0 Å². The van der Waals surface area contributed by atoms with Crippen LogP contribution in [0.25, 0.3) is 0 Å². The summed E-state index contributed by atoms with van der Waals surface area (Å²) in [5.41, 5.74) is 1.80. The minimum atomic E-state index is 0.358. The molecule has 0 amide bonds. The third kappa shape index (κ3) is 6.22. The summed E-state index contributed by atoms with van der Waals surface area (Å²) in [6.45, 7) is 8.22. The maximum atomic E-state index is 3.89. The minimum absolute atomic E-state index is 0.358. The van der Waals surface area contributed by atoms with Crippen LogP contribution in [-0.2, 0) is 0 Å². The Morgan fingerprint density at radius 1 is 1.00 bits per heavy atom. The minimum Gasteiger partial charge on any atom is -0.310 e. The number of rotatable bonds is 5. The summed E-state index contributed by atoms with van der Waals surface area (Å²) in [4.78, 5) is 0. The Bertz CT molecular complexity index is 382. The van der Waals surface area contributed by atoms with Gasteiger partial charge in [0, 0.05) is 6.04 Å².